The van der Waals surface area contributed by atoms with E-state index in [1.165, 1.54) is 4.90 Å². The quantitative estimate of drug-likeness (QED) is 0.858. The minimum absolute atomic E-state index is 0.0445. The summed E-state index contributed by atoms with van der Waals surface area (Å²) in [6.07, 6.45) is 4.02. The van der Waals surface area contributed by atoms with E-state index in [1.807, 2.05) is 37.3 Å². The summed E-state index contributed by atoms with van der Waals surface area (Å²) in [7, 11) is 0. The van der Waals surface area contributed by atoms with Crippen molar-refractivity contribution in [3.63, 3.8) is 0 Å². The van der Waals surface area contributed by atoms with Gasteiger partial charge in [-0.05, 0) is 31.2 Å². The van der Waals surface area contributed by atoms with Crippen LogP contribution in [0.5, 0.6) is 0 Å². The summed E-state index contributed by atoms with van der Waals surface area (Å²) in [5.74, 6) is -0.307. The molecule has 1 saturated heterocycles. The number of hydrogen-bond donors (Lipinski definition) is 0. The lowest BCUT2D eigenvalue weighted by atomic mass is 9.91. The predicted octanol–water partition coefficient (Wildman–Crippen LogP) is 3.16. The van der Waals surface area contributed by atoms with Crippen molar-refractivity contribution in [3.05, 3.63) is 35.9 Å². The Hall–Kier alpha value is -1.84. The normalized spacial score (nSPS) is 26.1. The Bertz CT molecular complexity index is 528. The lowest BCUT2D eigenvalue weighted by Gasteiger charge is -2.28. The summed E-state index contributed by atoms with van der Waals surface area (Å²) < 4.78 is 5.37. The van der Waals surface area contributed by atoms with Gasteiger partial charge in [-0.1, -0.05) is 43.7 Å². The van der Waals surface area contributed by atoms with E-state index in [2.05, 4.69) is 0 Å². The first-order valence-corrected chi connectivity index (χ1v) is 7.74. The summed E-state index contributed by atoms with van der Waals surface area (Å²) in [6, 6.07) is 9.87. The lowest BCUT2D eigenvalue weighted by Crippen LogP contribution is -2.45. The van der Waals surface area contributed by atoms with E-state index < -0.39 is 6.09 Å². The molecule has 0 N–H and O–H groups in total. The van der Waals surface area contributed by atoms with Crippen LogP contribution in [0.1, 0.15) is 38.2 Å². The minimum atomic E-state index is -0.447. The summed E-state index contributed by atoms with van der Waals surface area (Å²) in [5, 5.41) is 0. The van der Waals surface area contributed by atoms with Crippen molar-refractivity contribution < 1.29 is 14.3 Å². The number of hydrogen-bond acceptors (Lipinski definition) is 3. The molecule has 0 bridgehead atoms. The zero-order valence-corrected chi connectivity index (χ0v) is 12.3. The van der Waals surface area contributed by atoms with E-state index in [9.17, 15) is 9.59 Å². The Kier molecular flexibility index (Phi) is 3.95. The van der Waals surface area contributed by atoms with Crippen LogP contribution in [0.2, 0.25) is 0 Å². The van der Waals surface area contributed by atoms with Crippen LogP contribution in [-0.4, -0.2) is 29.0 Å². The average molecular weight is 287 g/mol. The van der Waals surface area contributed by atoms with E-state index in [-0.39, 0.29) is 24.0 Å². The zero-order valence-electron chi connectivity index (χ0n) is 12.3. The highest BCUT2D eigenvalue weighted by Gasteiger charge is 2.46. The summed E-state index contributed by atoms with van der Waals surface area (Å²) >= 11 is 0. The Balaban J connectivity index is 1.70. The fourth-order valence-corrected chi connectivity index (χ4v) is 3.38. The molecule has 112 valence electrons. The summed E-state index contributed by atoms with van der Waals surface area (Å²) in [6.45, 7) is 1.89. The van der Waals surface area contributed by atoms with Gasteiger partial charge in [-0.25, -0.2) is 9.69 Å². The fourth-order valence-electron chi connectivity index (χ4n) is 3.38. The Morgan fingerprint density at radius 2 is 2.00 bits per heavy atom. The molecule has 0 radical (unpaired) electrons. The van der Waals surface area contributed by atoms with Crippen LogP contribution in [0, 0.1) is 5.92 Å². The molecule has 4 nitrogen and oxygen atoms in total. The van der Waals surface area contributed by atoms with E-state index in [4.69, 9.17) is 4.74 Å². The lowest BCUT2D eigenvalue weighted by molar-refractivity contribution is -0.133. The molecule has 1 aromatic rings. The third kappa shape index (κ3) is 2.80. The topological polar surface area (TPSA) is 46.6 Å². The van der Waals surface area contributed by atoms with Crippen molar-refractivity contribution in [1.29, 1.82) is 0 Å². The molecule has 3 atom stereocenters. The van der Waals surface area contributed by atoms with Gasteiger partial charge < -0.3 is 4.74 Å². The number of rotatable bonds is 3. The number of carbonyl (C=O) groups is 2. The first-order chi connectivity index (χ1) is 10.2. The van der Waals surface area contributed by atoms with Gasteiger partial charge in [0.15, 0.2) is 0 Å². The second kappa shape index (κ2) is 5.88. The Morgan fingerprint density at radius 1 is 1.29 bits per heavy atom. The van der Waals surface area contributed by atoms with Crippen LogP contribution in [0.3, 0.4) is 0 Å². The maximum absolute atomic E-state index is 12.6. The van der Waals surface area contributed by atoms with Crippen molar-refractivity contribution in [1.82, 2.24) is 4.90 Å². The number of benzene rings is 1. The molecule has 3 rings (SSSR count). The third-order valence-electron chi connectivity index (χ3n) is 4.49. The highest BCUT2D eigenvalue weighted by Crippen LogP contribution is 2.33. The highest BCUT2D eigenvalue weighted by molar-refractivity contribution is 5.95. The van der Waals surface area contributed by atoms with Crippen molar-refractivity contribution in [2.24, 2.45) is 5.92 Å². The Labute approximate surface area is 125 Å². The molecular formula is C17H21NO3. The number of fused-ring (bicyclic) bond motifs is 1. The van der Waals surface area contributed by atoms with E-state index in [0.29, 0.717) is 6.42 Å². The van der Waals surface area contributed by atoms with Crippen LogP contribution in [0.25, 0.3) is 0 Å². The second-order valence-electron chi connectivity index (χ2n) is 6.07. The fraction of sp³-hybridized carbons (Fsp3) is 0.529. The monoisotopic (exact) mass is 287 g/mol. The SMILES string of the molecule is C[C@H](Cc1ccccc1)C(=O)N1C(=O)O[C@H]2CCCC[C@@H]21. The van der Waals surface area contributed by atoms with Crippen molar-refractivity contribution in [3.8, 4) is 0 Å². The van der Waals surface area contributed by atoms with Gasteiger partial charge in [-0.3, -0.25) is 4.79 Å². The zero-order chi connectivity index (χ0) is 14.8. The van der Waals surface area contributed by atoms with Crippen LogP contribution in [-0.2, 0) is 16.0 Å². The maximum Gasteiger partial charge on any atom is 0.417 e. The molecular weight excluding hydrogens is 266 g/mol. The molecule has 2 aliphatic rings. The van der Waals surface area contributed by atoms with Gasteiger partial charge >= 0.3 is 6.09 Å². The number of nitrogens with zero attached hydrogens (tertiary/aromatic N) is 1. The van der Waals surface area contributed by atoms with Crippen LogP contribution >= 0.6 is 0 Å². The molecule has 0 aromatic heterocycles. The van der Waals surface area contributed by atoms with Gasteiger partial charge in [0.25, 0.3) is 0 Å². The van der Waals surface area contributed by atoms with Crippen molar-refractivity contribution in [2.75, 3.05) is 0 Å². The highest BCUT2D eigenvalue weighted by atomic mass is 16.6. The number of carbonyl (C=O) groups excluding carboxylic acids is 2. The van der Waals surface area contributed by atoms with Gasteiger partial charge in [0.1, 0.15) is 6.10 Å². The first-order valence-electron chi connectivity index (χ1n) is 7.74. The van der Waals surface area contributed by atoms with Gasteiger partial charge in [-0.15, -0.1) is 0 Å². The summed E-state index contributed by atoms with van der Waals surface area (Å²) in [5.41, 5.74) is 1.12. The number of ether oxygens (including phenoxy) is 1. The second-order valence-corrected chi connectivity index (χ2v) is 6.07. The van der Waals surface area contributed by atoms with Gasteiger partial charge in [0, 0.05) is 5.92 Å². The van der Waals surface area contributed by atoms with Crippen molar-refractivity contribution >= 4 is 12.0 Å². The molecule has 21 heavy (non-hydrogen) atoms. The van der Waals surface area contributed by atoms with Crippen LogP contribution < -0.4 is 0 Å². The molecule has 1 heterocycles. The molecule has 0 unspecified atom stereocenters. The van der Waals surface area contributed by atoms with Crippen LogP contribution in [0.15, 0.2) is 30.3 Å². The van der Waals surface area contributed by atoms with Crippen LogP contribution in [0.4, 0.5) is 4.79 Å². The summed E-state index contributed by atoms with van der Waals surface area (Å²) in [4.78, 5) is 26.0. The first kappa shape index (κ1) is 14.1. The molecule has 1 saturated carbocycles. The predicted molar refractivity (Wildman–Crippen MR) is 78.7 cm³/mol. The van der Waals surface area contributed by atoms with E-state index >= 15 is 0 Å². The molecule has 2 fully saturated rings. The van der Waals surface area contributed by atoms with Gasteiger partial charge in [0.2, 0.25) is 5.91 Å². The number of imide groups is 1. The molecule has 4 heteroatoms. The van der Waals surface area contributed by atoms with Crippen molar-refractivity contribution in [2.45, 2.75) is 51.2 Å². The maximum atomic E-state index is 12.6. The molecule has 1 aliphatic carbocycles. The van der Waals surface area contributed by atoms with Gasteiger partial charge in [0.05, 0.1) is 6.04 Å². The van der Waals surface area contributed by atoms with E-state index in [0.717, 1.165) is 31.2 Å². The standard InChI is InChI=1S/C17H21NO3/c1-12(11-13-7-3-2-4-8-13)16(19)18-14-9-5-6-10-15(14)21-17(18)20/h2-4,7-8,12,14-15H,5-6,9-11H2,1H3/t12-,14+,15+/m1/s1. The number of amides is 2. The molecule has 1 aromatic carbocycles. The largest absolute Gasteiger partial charge is 0.444 e. The van der Waals surface area contributed by atoms with Gasteiger partial charge in [-0.2, -0.15) is 0 Å². The Morgan fingerprint density at radius 3 is 2.76 bits per heavy atom. The molecule has 2 amide bonds. The minimum Gasteiger partial charge on any atom is -0.444 e. The average Bonchev–Trinajstić information content (AvgIpc) is 2.83. The third-order valence-corrected chi connectivity index (χ3v) is 4.49. The molecule has 1 aliphatic heterocycles. The smallest absolute Gasteiger partial charge is 0.417 e. The van der Waals surface area contributed by atoms with E-state index in [1.54, 1.807) is 0 Å². The molecule has 0 spiro atoms.